The van der Waals surface area contributed by atoms with Crippen molar-refractivity contribution < 1.29 is 0 Å². The van der Waals surface area contributed by atoms with Gasteiger partial charge in [-0.1, -0.05) is 78.9 Å². The van der Waals surface area contributed by atoms with Gasteiger partial charge in [-0.3, -0.25) is 4.40 Å². The summed E-state index contributed by atoms with van der Waals surface area (Å²) < 4.78 is 4.82. The minimum atomic E-state index is 0.249. The lowest BCUT2D eigenvalue weighted by molar-refractivity contribution is 0.745. The molecular weight excluding hydrogens is 573 g/mol. The number of fused-ring (bicyclic) bond motifs is 14. The standard InChI is InChI=1S/C43H30N4/c1-6-16-37-29(11-1)30-12-2-7-17-38(30)45(37)27-21-23-33-34(25-27)35-26-28(22-24-41(35)47-42-20-10-5-15-36(42)44-43(33)47)46-39-18-8-3-13-31(39)32-14-4-9-19-40(32)46/h1-3,5-13,15-26,29,37H,4,14H2. The van der Waals surface area contributed by atoms with Gasteiger partial charge in [-0.15, -0.1) is 0 Å². The van der Waals surface area contributed by atoms with E-state index in [1.165, 1.54) is 61.1 Å². The van der Waals surface area contributed by atoms with Crippen LogP contribution in [0.1, 0.15) is 29.2 Å². The summed E-state index contributed by atoms with van der Waals surface area (Å²) in [6, 6.07) is 40.5. The van der Waals surface area contributed by atoms with Crippen molar-refractivity contribution in [2.45, 2.75) is 24.8 Å². The molecule has 0 saturated heterocycles. The van der Waals surface area contributed by atoms with Gasteiger partial charge >= 0.3 is 0 Å². The van der Waals surface area contributed by atoms with Crippen LogP contribution in [0, 0.1) is 0 Å². The number of para-hydroxylation sites is 4. The number of rotatable bonds is 2. The summed E-state index contributed by atoms with van der Waals surface area (Å²) >= 11 is 0. The van der Waals surface area contributed by atoms with Gasteiger partial charge in [-0.25, -0.2) is 4.98 Å². The number of anilines is 2. The number of allylic oxidation sites excluding steroid dienone is 3. The van der Waals surface area contributed by atoms with Crippen molar-refractivity contribution in [3.8, 4) is 5.69 Å². The number of hydrogen-bond donors (Lipinski definition) is 0. The molecule has 222 valence electrons. The zero-order valence-corrected chi connectivity index (χ0v) is 25.7. The molecule has 0 fully saturated rings. The van der Waals surface area contributed by atoms with Crippen LogP contribution in [0.3, 0.4) is 0 Å². The Morgan fingerprint density at radius 1 is 0.638 bits per heavy atom. The molecule has 0 saturated carbocycles. The average molecular weight is 603 g/mol. The van der Waals surface area contributed by atoms with E-state index in [0.29, 0.717) is 5.92 Å². The second kappa shape index (κ2) is 9.34. The summed E-state index contributed by atoms with van der Waals surface area (Å²) in [4.78, 5) is 7.74. The molecule has 47 heavy (non-hydrogen) atoms. The van der Waals surface area contributed by atoms with Crippen molar-refractivity contribution in [1.29, 1.82) is 0 Å². The van der Waals surface area contributed by atoms with E-state index in [0.717, 1.165) is 34.9 Å². The largest absolute Gasteiger partial charge is 0.333 e. The summed E-state index contributed by atoms with van der Waals surface area (Å²) in [6.45, 7) is 0. The average Bonchev–Trinajstić information content (AvgIpc) is 3.80. The van der Waals surface area contributed by atoms with Gasteiger partial charge in [-0.2, -0.15) is 0 Å². The Balaban J connectivity index is 1.23. The molecule has 4 heteroatoms. The van der Waals surface area contributed by atoms with Crippen LogP contribution >= 0.6 is 0 Å². The third-order valence-corrected chi connectivity index (χ3v) is 10.7. The molecule has 0 radical (unpaired) electrons. The molecule has 0 bridgehead atoms. The molecule has 3 aromatic heterocycles. The highest BCUT2D eigenvalue weighted by Crippen LogP contribution is 2.48. The van der Waals surface area contributed by atoms with Crippen LogP contribution in [-0.4, -0.2) is 20.0 Å². The van der Waals surface area contributed by atoms with Crippen molar-refractivity contribution in [2.75, 3.05) is 4.90 Å². The smallest absolute Gasteiger partial charge is 0.146 e. The van der Waals surface area contributed by atoms with Crippen LogP contribution in [0.4, 0.5) is 11.4 Å². The molecule has 2 unspecified atom stereocenters. The van der Waals surface area contributed by atoms with Crippen LogP contribution in [0.25, 0.3) is 61.0 Å². The zero-order chi connectivity index (χ0) is 30.6. The Kier molecular flexibility index (Phi) is 5.03. The summed E-state index contributed by atoms with van der Waals surface area (Å²) in [6.07, 6.45) is 15.9. The molecule has 0 N–H and O–H groups in total. The molecular formula is C43H30N4. The zero-order valence-electron chi connectivity index (χ0n) is 25.7. The minimum Gasteiger partial charge on any atom is -0.333 e. The molecule has 2 atom stereocenters. The fourth-order valence-corrected chi connectivity index (χ4v) is 8.68. The topological polar surface area (TPSA) is 25.5 Å². The van der Waals surface area contributed by atoms with Gasteiger partial charge in [0.2, 0.25) is 0 Å². The Bertz CT molecular complexity index is 2720. The van der Waals surface area contributed by atoms with Gasteiger partial charge in [0.05, 0.1) is 28.1 Å². The summed E-state index contributed by atoms with van der Waals surface area (Å²) in [5.41, 5.74) is 13.4. The number of imidazole rings is 1. The van der Waals surface area contributed by atoms with Gasteiger partial charge < -0.3 is 9.47 Å². The van der Waals surface area contributed by atoms with E-state index in [1.807, 2.05) is 0 Å². The molecule has 0 amide bonds. The molecule has 1 aliphatic heterocycles. The molecule has 11 rings (SSSR count). The SMILES string of the molecule is C1=CC2c3ccccc3N(c3ccc4c(c3)c3cc(-n5c6c(c7ccccc75)CCC=C6)ccc3n3c5ccccc5nc43)C2C=C1. The van der Waals surface area contributed by atoms with Crippen LogP contribution in [0.2, 0.25) is 0 Å². The molecule has 4 heterocycles. The number of hydrogen-bond acceptors (Lipinski definition) is 2. The first kappa shape index (κ1) is 25.3. The van der Waals surface area contributed by atoms with E-state index in [9.17, 15) is 0 Å². The normalized spacial score (nSPS) is 18.2. The van der Waals surface area contributed by atoms with Crippen molar-refractivity contribution in [3.05, 3.63) is 156 Å². The number of benzene rings is 5. The van der Waals surface area contributed by atoms with E-state index < -0.39 is 0 Å². The van der Waals surface area contributed by atoms with Crippen LogP contribution in [0.15, 0.2) is 140 Å². The van der Waals surface area contributed by atoms with Crippen molar-refractivity contribution in [2.24, 2.45) is 0 Å². The second-order valence-electron chi connectivity index (χ2n) is 13.1. The van der Waals surface area contributed by atoms with Crippen molar-refractivity contribution in [1.82, 2.24) is 14.0 Å². The fraction of sp³-hybridized carbons (Fsp3) is 0.0930. The van der Waals surface area contributed by atoms with Gasteiger partial charge in [-0.05, 0) is 96.1 Å². The Morgan fingerprint density at radius 2 is 1.45 bits per heavy atom. The first-order chi connectivity index (χ1) is 23.3. The van der Waals surface area contributed by atoms with Crippen molar-refractivity contribution in [3.63, 3.8) is 0 Å². The van der Waals surface area contributed by atoms with E-state index >= 15 is 0 Å². The van der Waals surface area contributed by atoms with Crippen molar-refractivity contribution >= 4 is 66.7 Å². The number of pyridine rings is 1. The predicted molar refractivity (Wildman–Crippen MR) is 195 cm³/mol. The van der Waals surface area contributed by atoms with Crippen LogP contribution in [0.5, 0.6) is 0 Å². The molecule has 5 aromatic carbocycles. The first-order valence-electron chi connectivity index (χ1n) is 16.6. The summed E-state index contributed by atoms with van der Waals surface area (Å²) in [5.74, 6) is 0.344. The van der Waals surface area contributed by atoms with Gasteiger partial charge in [0.1, 0.15) is 5.65 Å². The Labute approximate surface area is 271 Å². The highest BCUT2D eigenvalue weighted by molar-refractivity contribution is 6.15. The maximum atomic E-state index is 5.21. The van der Waals surface area contributed by atoms with E-state index in [2.05, 4.69) is 160 Å². The van der Waals surface area contributed by atoms with E-state index in [1.54, 1.807) is 0 Å². The highest BCUT2D eigenvalue weighted by Gasteiger charge is 2.37. The monoisotopic (exact) mass is 602 g/mol. The molecule has 4 nitrogen and oxygen atoms in total. The van der Waals surface area contributed by atoms with E-state index in [4.69, 9.17) is 4.98 Å². The third-order valence-electron chi connectivity index (χ3n) is 10.7. The molecule has 2 aliphatic carbocycles. The first-order valence-corrected chi connectivity index (χ1v) is 16.6. The van der Waals surface area contributed by atoms with Gasteiger partial charge in [0.25, 0.3) is 0 Å². The third kappa shape index (κ3) is 3.39. The minimum absolute atomic E-state index is 0.249. The molecule has 3 aliphatic rings. The maximum Gasteiger partial charge on any atom is 0.146 e. The number of nitrogens with zero attached hydrogens (tertiary/aromatic N) is 4. The fourth-order valence-electron chi connectivity index (χ4n) is 8.68. The lowest BCUT2D eigenvalue weighted by Crippen LogP contribution is -2.28. The maximum absolute atomic E-state index is 5.21. The summed E-state index contributed by atoms with van der Waals surface area (Å²) in [5, 5.41) is 4.97. The van der Waals surface area contributed by atoms with Gasteiger partial charge in [0.15, 0.2) is 0 Å². The second-order valence-corrected chi connectivity index (χ2v) is 13.1. The lowest BCUT2D eigenvalue weighted by atomic mass is 9.91. The molecule has 0 spiro atoms. The molecule has 8 aromatic rings. The Morgan fingerprint density at radius 3 is 2.43 bits per heavy atom. The van der Waals surface area contributed by atoms with E-state index in [-0.39, 0.29) is 6.04 Å². The number of aromatic nitrogens is 3. The van der Waals surface area contributed by atoms with Gasteiger partial charge in [0, 0.05) is 44.8 Å². The van der Waals surface area contributed by atoms with Crippen LogP contribution in [-0.2, 0) is 6.42 Å². The highest BCUT2D eigenvalue weighted by atomic mass is 15.2. The van der Waals surface area contributed by atoms with Crippen LogP contribution < -0.4 is 4.90 Å². The summed E-state index contributed by atoms with van der Waals surface area (Å²) in [7, 11) is 0. The quantitative estimate of drug-likeness (QED) is 0.184. The number of aryl methyl sites for hydroxylation is 1. The predicted octanol–water partition coefficient (Wildman–Crippen LogP) is 10.4. The lowest BCUT2D eigenvalue weighted by Gasteiger charge is -2.29. The Hall–Kier alpha value is -5.87.